The number of hydrogen-bond donors (Lipinski definition) is 2. The van der Waals surface area contributed by atoms with Crippen molar-refractivity contribution in [2.24, 2.45) is 0 Å². The Hall–Kier alpha value is -0.280. The van der Waals surface area contributed by atoms with Crippen LogP contribution in [0.4, 0.5) is 0 Å². The summed E-state index contributed by atoms with van der Waals surface area (Å²) in [5.41, 5.74) is 0.409. The normalized spacial score (nSPS) is 20.4. The first-order valence-corrected chi connectivity index (χ1v) is 8.17. The van der Waals surface area contributed by atoms with Crippen LogP contribution < -0.4 is 5.32 Å². The first-order valence-electron chi connectivity index (χ1n) is 7.41. The molecule has 0 spiro atoms. The molecular formula is C16H23Cl2NO. The summed E-state index contributed by atoms with van der Waals surface area (Å²) in [6.45, 7) is 2.66. The molecule has 1 saturated carbocycles. The van der Waals surface area contributed by atoms with Gasteiger partial charge >= 0.3 is 0 Å². The molecule has 1 fully saturated rings. The molecule has 1 aliphatic rings. The zero-order chi connectivity index (χ0) is 14.6. The highest BCUT2D eigenvalue weighted by Crippen LogP contribution is 2.31. The van der Waals surface area contributed by atoms with Crippen LogP contribution in [0.25, 0.3) is 0 Å². The average Bonchev–Trinajstić information content (AvgIpc) is 2.65. The van der Waals surface area contributed by atoms with Gasteiger partial charge in [0, 0.05) is 12.6 Å². The fourth-order valence-electron chi connectivity index (χ4n) is 2.87. The lowest BCUT2D eigenvalue weighted by atomic mass is 9.94. The molecule has 2 nitrogen and oxygen atoms in total. The Bertz CT molecular complexity index is 442. The second-order valence-corrected chi connectivity index (χ2v) is 6.67. The predicted molar refractivity (Wildman–Crippen MR) is 85.5 cm³/mol. The van der Waals surface area contributed by atoms with E-state index >= 15 is 0 Å². The molecule has 1 unspecified atom stereocenters. The van der Waals surface area contributed by atoms with Crippen LogP contribution in [0.15, 0.2) is 18.2 Å². The van der Waals surface area contributed by atoms with Gasteiger partial charge in [0.15, 0.2) is 0 Å². The van der Waals surface area contributed by atoms with E-state index in [-0.39, 0.29) is 6.04 Å². The summed E-state index contributed by atoms with van der Waals surface area (Å²) < 4.78 is 0. The molecule has 4 heteroatoms. The molecule has 1 aromatic rings. The summed E-state index contributed by atoms with van der Waals surface area (Å²) in [7, 11) is 0. The van der Waals surface area contributed by atoms with Crippen molar-refractivity contribution in [3.05, 3.63) is 33.8 Å². The van der Waals surface area contributed by atoms with Crippen LogP contribution in [0.1, 0.15) is 57.1 Å². The molecule has 0 amide bonds. The van der Waals surface area contributed by atoms with Gasteiger partial charge in [-0.05, 0) is 31.4 Å². The van der Waals surface area contributed by atoms with Gasteiger partial charge in [0.25, 0.3) is 0 Å². The van der Waals surface area contributed by atoms with Gasteiger partial charge in [-0.15, -0.1) is 0 Å². The molecular weight excluding hydrogens is 293 g/mol. The molecule has 2 N–H and O–H groups in total. The average molecular weight is 316 g/mol. The Labute approximate surface area is 131 Å². The topological polar surface area (TPSA) is 32.3 Å². The van der Waals surface area contributed by atoms with E-state index in [0.717, 1.165) is 31.2 Å². The van der Waals surface area contributed by atoms with Gasteiger partial charge < -0.3 is 10.4 Å². The molecule has 1 atom stereocenters. The van der Waals surface area contributed by atoms with Crippen molar-refractivity contribution in [1.82, 2.24) is 5.32 Å². The smallest absolute Gasteiger partial charge is 0.0771 e. The van der Waals surface area contributed by atoms with Crippen LogP contribution in [0, 0.1) is 0 Å². The van der Waals surface area contributed by atoms with Crippen molar-refractivity contribution in [2.45, 2.75) is 57.1 Å². The summed E-state index contributed by atoms with van der Waals surface area (Å²) in [6.07, 6.45) is 6.47. The number of rotatable bonds is 4. The summed E-state index contributed by atoms with van der Waals surface area (Å²) in [5, 5.41) is 15.2. The zero-order valence-corrected chi connectivity index (χ0v) is 13.5. The first-order chi connectivity index (χ1) is 9.52. The minimum absolute atomic E-state index is 0.0773. The number of nitrogens with one attached hydrogen (secondary N) is 1. The van der Waals surface area contributed by atoms with E-state index in [0.29, 0.717) is 16.6 Å². The van der Waals surface area contributed by atoms with Gasteiger partial charge in [-0.25, -0.2) is 0 Å². The molecule has 0 aromatic heterocycles. The lowest BCUT2D eigenvalue weighted by molar-refractivity contribution is 0.0231. The second kappa shape index (κ2) is 7.13. The quantitative estimate of drug-likeness (QED) is 0.787. The minimum Gasteiger partial charge on any atom is -0.389 e. The van der Waals surface area contributed by atoms with E-state index in [9.17, 15) is 5.11 Å². The third kappa shape index (κ3) is 4.11. The van der Waals surface area contributed by atoms with Crippen molar-refractivity contribution in [3.8, 4) is 0 Å². The van der Waals surface area contributed by atoms with Gasteiger partial charge in [0.05, 0.1) is 15.6 Å². The molecule has 1 aromatic carbocycles. The van der Waals surface area contributed by atoms with Crippen LogP contribution in [0.5, 0.6) is 0 Å². The Balaban J connectivity index is 1.97. The van der Waals surface area contributed by atoms with Crippen molar-refractivity contribution in [3.63, 3.8) is 0 Å². The van der Waals surface area contributed by atoms with Crippen molar-refractivity contribution in [1.29, 1.82) is 0 Å². The van der Waals surface area contributed by atoms with E-state index in [4.69, 9.17) is 23.2 Å². The van der Waals surface area contributed by atoms with Crippen LogP contribution >= 0.6 is 23.2 Å². The first kappa shape index (κ1) is 16.1. The van der Waals surface area contributed by atoms with Crippen molar-refractivity contribution in [2.75, 3.05) is 6.54 Å². The maximum Gasteiger partial charge on any atom is 0.0771 e. The van der Waals surface area contributed by atoms with E-state index in [1.54, 1.807) is 6.07 Å². The number of hydrogen-bond acceptors (Lipinski definition) is 2. The maximum atomic E-state index is 10.6. The summed E-state index contributed by atoms with van der Waals surface area (Å²) in [5.74, 6) is 0. The van der Waals surface area contributed by atoms with Crippen LogP contribution in [0.3, 0.4) is 0 Å². The minimum atomic E-state index is -0.574. The van der Waals surface area contributed by atoms with Crippen molar-refractivity contribution < 1.29 is 5.11 Å². The zero-order valence-electron chi connectivity index (χ0n) is 12.0. The van der Waals surface area contributed by atoms with E-state index in [2.05, 4.69) is 12.2 Å². The van der Waals surface area contributed by atoms with E-state index < -0.39 is 5.60 Å². The Morgan fingerprint density at radius 1 is 1.20 bits per heavy atom. The van der Waals surface area contributed by atoms with Gasteiger partial charge in [-0.1, -0.05) is 61.0 Å². The molecule has 0 saturated heterocycles. The fraction of sp³-hybridized carbons (Fsp3) is 0.625. The molecule has 20 heavy (non-hydrogen) atoms. The number of benzene rings is 1. The molecule has 0 heterocycles. The van der Waals surface area contributed by atoms with Gasteiger partial charge in [-0.2, -0.15) is 0 Å². The standard InChI is InChI=1S/C16H23Cl2NO/c1-12(13-7-6-8-14(17)15(13)18)19-11-16(20)9-4-2-3-5-10-16/h6-8,12,19-20H,2-5,9-11H2,1H3. The third-order valence-electron chi connectivity index (χ3n) is 4.22. The Morgan fingerprint density at radius 3 is 2.50 bits per heavy atom. The van der Waals surface area contributed by atoms with E-state index in [1.165, 1.54) is 12.8 Å². The Kier molecular flexibility index (Phi) is 5.74. The third-order valence-corrected chi connectivity index (χ3v) is 5.05. The monoisotopic (exact) mass is 315 g/mol. The second-order valence-electron chi connectivity index (χ2n) is 5.88. The van der Waals surface area contributed by atoms with E-state index in [1.807, 2.05) is 12.1 Å². The summed E-state index contributed by atoms with van der Waals surface area (Å²) in [6, 6.07) is 5.75. The maximum absolute atomic E-state index is 10.6. The Morgan fingerprint density at radius 2 is 1.85 bits per heavy atom. The number of aliphatic hydroxyl groups is 1. The highest BCUT2D eigenvalue weighted by molar-refractivity contribution is 6.42. The summed E-state index contributed by atoms with van der Waals surface area (Å²) in [4.78, 5) is 0. The fourth-order valence-corrected chi connectivity index (χ4v) is 3.34. The summed E-state index contributed by atoms with van der Waals surface area (Å²) >= 11 is 12.3. The lowest BCUT2D eigenvalue weighted by Gasteiger charge is -2.29. The molecule has 112 valence electrons. The molecule has 0 radical (unpaired) electrons. The molecule has 0 aliphatic heterocycles. The number of halogens is 2. The van der Waals surface area contributed by atoms with Gasteiger partial charge in [-0.3, -0.25) is 0 Å². The van der Waals surface area contributed by atoms with Crippen LogP contribution in [-0.2, 0) is 0 Å². The predicted octanol–water partition coefficient (Wildman–Crippen LogP) is 4.73. The lowest BCUT2D eigenvalue weighted by Crippen LogP contribution is -2.41. The molecule has 0 bridgehead atoms. The van der Waals surface area contributed by atoms with Crippen molar-refractivity contribution >= 4 is 23.2 Å². The highest BCUT2D eigenvalue weighted by Gasteiger charge is 2.28. The van der Waals surface area contributed by atoms with Gasteiger partial charge in [0.2, 0.25) is 0 Å². The largest absolute Gasteiger partial charge is 0.389 e. The molecule has 2 rings (SSSR count). The van der Waals surface area contributed by atoms with Gasteiger partial charge in [0.1, 0.15) is 0 Å². The highest BCUT2D eigenvalue weighted by atomic mass is 35.5. The van der Waals surface area contributed by atoms with Crippen LogP contribution in [0.2, 0.25) is 10.0 Å². The molecule has 1 aliphatic carbocycles. The SMILES string of the molecule is CC(NCC1(O)CCCCCC1)c1cccc(Cl)c1Cl. The van der Waals surface area contributed by atoms with Crippen LogP contribution in [-0.4, -0.2) is 17.3 Å².